The van der Waals surface area contributed by atoms with E-state index in [0.717, 1.165) is 0 Å². The first-order chi connectivity index (χ1) is 10.4. The molecule has 0 unspecified atom stereocenters. The Kier molecular flexibility index (Phi) is 6.64. The molecule has 0 radical (unpaired) electrons. The third-order valence-corrected chi connectivity index (χ3v) is 2.84. The number of ether oxygens (including phenoxy) is 1. The second kappa shape index (κ2) is 8.47. The van der Waals surface area contributed by atoms with Crippen molar-refractivity contribution in [3.63, 3.8) is 0 Å². The van der Waals surface area contributed by atoms with E-state index in [0.29, 0.717) is 30.6 Å². The van der Waals surface area contributed by atoms with Crippen LogP contribution in [0, 0.1) is 12.3 Å². The molecule has 22 heavy (non-hydrogen) atoms. The number of hydrogen-bond acceptors (Lipinski definition) is 4. The molecule has 0 aliphatic heterocycles. The van der Waals surface area contributed by atoms with Gasteiger partial charge < -0.3 is 15.8 Å². The average molecular weight is 302 g/mol. The van der Waals surface area contributed by atoms with Crippen LogP contribution in [0.3, 0.4) is 0 Å². The van der Waals surface area contributed by atoms with Crippen LogP contribution in [0.2, 0.25) is 0 Å². The van der Waals surface area contributed by atoms with Gasteiger partial charge in [0.1, 0.15) is 11.8 Å². The molecule has 0 aromatic heterocycles. The second-order valence-corrected chi connectivity index (χ2v) is 4.64. The summed E-state index contributed by atoms with van der Waals surface area (Å²) in [6.45, 7) is 1.29. The molecule has 0 saturated heterocycles. The van der Waals surface area contributed by atoms with Gasteiger partial charge in [-0.2, -0.15) is 0 Å². The normalized spacial score (nSPS) is 11.1. The Morgan fingerprint density at radius 2 is 1.95 bits per heavy atom. The molecule has 6 heteroatoms. The van der Waals surface area contributed by atoms with Crippen LogP contribution in [0.15, 0.2) is 24.3 Å². The van der Waals surface area contributed by atoms with Crippen molar-refractivity contribution in [2.24, 2.45) is 5.73 Å². The Hall–Kier alpha value is -2.81. The first-order valence-electron chi connectivity index (χ1n) is 6.76. The van der Waals surface area contributed by atoms with Crippen LogP contribution in [-0.4, -0.2) is 23.8 Å². The molecular formula is C16H18N2O4. The van der Waals surface area contributed by atoms with E-state index in [1.165, 1.54) is 31.2 Å². The molecule has 6 nitrogen and oxygen atoms in total. The molecule has 1 aromatic rings. The third kappa shape index (κ3) is 5.67. The zero-order valence-corrected chi connectivity index (χ0v) is 12.3. The highest BCUT2D eigenvalue weighted by Gasteiger charge is 2.18. The van der Waals surface area contributed by atoms with Gasteiger partial charge in [0.2, 0.25) is 5.91 Å². The fourth-order valence-corrected chi connectivity index (χ4v) is 1.78. The highest BCUT2D eigenvalue weighted by Crippen LogP contribution is 2.12. The molecule has 3 N–H and O–H groups in total. The topological polar surface area (TPSA) is 98.5 Å². The standard InChI is InChI=1S/C16H18N2O4/c1-3-4-5-6-14(15(17)20)18-16(21)12-7-9-13(10-8-12)22-11(2)19/h1,7-10,14H,4-6H2,2H3,(H2,17,20)(H,18,21)/t14-/m1/s1. The van der Waals surface area contributed by atoms with Crippen molar-refractivity contribution in [3.05, 3.63) is 29.8 Å². The van der Waals surface area contributed by atoms with E-state index in [4.69, 9.17) is 16.9 Å². The average Bonchev–Trinajstić information content (AvgIpc) is 2.46. The summed E-state index contributed by atoms with van der Waals surface area (Å²) in [6, 6.07) is 5.20. The van der Waals surface area contributed by atoms with Gasteiger partial charge in [-0.1, -0.05) is 0 Å². The smallest absolute Gasteiger partial charge is 0.308 e. The number of benzene rings is 1. The van der Waals surface area contributed by atoms with Crippen molar-refractivity contribution in [2.75, 3.05) is 0 Å². The van der Waals surface area contributed by atoms with Crippen molar-refractivity contribution in [1.29, 1.82) is 0 Å². The molecule has 1 rings (SSSR count). The van der Waals surface area contributed by atoms with Crippen molar-refractivity contribution in [1.82, 2.24) is 5.32 Å². The minimum Gasteiger partial charge on any atom is -0.427 e. The molecule has 0 bridgehead atoms. The van der Waals surface area contributed by atoms with E-state index in [2.05, 4.69) is 11.2 Å². The number of rotatable bonds is 7. The van der Waals surface area contributed by atoms with E-state index in [1.807, 2.05) is 0 Å². The molecule has 0 heterocycles. The van der Waals surface area contributed by atoms with Gasteiger partial charge >= 0.3 is 5.97 Å². The molecule has 0 saturated carbocycles. The first-order valence-corrected chi connectivity index (χ1v) is 6.76. The maximum atomic E-state index is 12.1. The van der Waals surface area contributed by atoms with Crippen LogP contribution in [0.25, 0.3) is 0 Å². The highest BCUT2D eigenvalue weighted by molar-refractivity contribution is 5.97. The molecule has 1 atom stereocenters. The van der Waals surface area contributed by atoms with Gasteiger partial charge in [0.15, 0.2) is 0 Å². The summed E-state index contributed by atoms with van der Waals surface area (Å²) in [5.41, 5.74) is 5.59. The van der Waals surface area contributed by atoms with Crippen LogP contribution < -0.4 is 15.8 Å². The molecular weight excluding hydrogens is 284 g/mol. The fourth-order valence-electron chi connectivity index (χ4n) is 1.78. The Bertz CT molecular complexity index is 587. The number of nitrogens with two attached hydrogens (primary N) is 1. The SMILES string of the molecule is C#CCCC[C@@H](NC(=O)c1ccc(OC(C)=O)cc1)C(N)=O. The number of nitrogens with one attached hydrogen (secondary N) is 1. The number of hydrogen-bond donors (Lipinski definition) is 2. The van der Waals surface area contributed by atoms with Crippen molar-refractivity contribution in [3.8, 4) is 18.1 Å². The van der Waals surface area contributed by atoms with Gasteiger partial charge in [0.25, 0.3) is 5.91 Å². The zero-order chi connectivity index (χ0) is 16.5. The summed E-state index contributed by atoms with van der Waals surface area (Å²) in [4.78, 5) is 34.2. The summed E-state index contributed by atoms with van der Waals surface area (Å²) >= 11 is 0. The predicted molar refractivity (Wildman–Crippen MR) is 80.9 cm³/mol. The van der Waals surface area contributed by atoms with Gasteiger partial charge in [-0.25, -0.2) is 0 Å². The maximum absolute atomic E-state index is 12.1. The van der Waals surface area contributed by atoms with E-state index in [-0.39, 0.29) is 0 Å². The minimum atomic E-state index is -0.769. The number of carbonyl (C=O) groups excluding carboxylic acids is 3. The first kappa shape index (κ1) is 17.2. The third-order valence-electron chi connectivity index (χ3n) is 2.84. The van der Waals surface area contributed by atoms with Crippen molar-refractivity contribution >= 4 is 17.8 Å². The lowest BCUT2D eigenvalue weighted by atomic mass is 10.1. The molecule has 0 fully saturated rings. The second-order valence-electron chi connectivity index (χ2n) is 4.64. The number of esters is 1. The number of terminal acetylenes is 1. The Labute approximate surface area is 129 Å². The minimum absolute atomic E-state index is 0.333. The Morgan fingerprint density at radius 1 is 1.32 bits per heavy atom. The lowest BCUT2D eigenvalue weighted by Crippen LogP contribution is -2.44. The molecule has 1 aromatic carbocycles. The van der Waals surface area contributed by atoms with Gasteiger partial charge in [-0.3, -0.25) is 14.4 Å². The number of carbonyl (C=O) groups is 3. The quantitative estimate of drug-likeness (QED) is 0.340. The summed E-state index contributed by atoms with van der Waals surface area (Å²) in [7, 11) is 0. The van der Waals surface area contributed by atoms with Gasteiger partial charge in [-0.05, 0) is 37.1 Å². The number of primary amides is 1. The molecule has 2 amide bonds. The van der Waals surface area contributed by atoms with Gasteiger partial charge in [0, 0.05) is 18.9 Å². The van der Waals surface area contributed by atoms with Crippen LogP contribution >= 0.6 is 0 Å². The lowest BCUT2D eigenvalue weighted by molar-refractivity contribution is -0.131. The monoisotopic (exact) mass is 302 g/mol. The summed E-state index contributed by atoms with van der Waals surface area (Å²) in [6.07, 6.45) is 6.63. The summed E-state index contributed by atoms with van der Waals surface area (Å²) in [5, 5.41) is 2.56. The highest BCUT2D eigenvalue weighted by atomic mass is 16.5. The van der Waals surface area contributed by atoms with Crippen LogP contribution in [0.4, 0.5) is 0 Å². The van der Waals surface area contributed by atoms with E-state index in [1.54, 1.807) is 0 Å². The molecule has 0 spiro atoms. The zero-order valence-electron chi connectivity index (χ0n) is 12.3. The van der Waals surface area contributed by atoms with E-state index < -0.39 is 23.8 Å². The van der Waals surface area contributed by atoms with Crippen molar-refractivity contribution < 1.29 is 19.1 Å². The lowest BCUT2D eigenvalue weighted by Gasteiger charge is -2.15. The van der Waals surface area contributed by atoms with Crippen molar-refractivity contribution in [2.45, 2.75) is 32.2 Å². The largest absolute Gasteiger partial charge is 0.427 e. The van der Waals surface area contributed by atoms with Gasteiger partial charge in [-0.15, -0.1) is 12.3 Å². The molecule has 116 valence electrons. The Morgan fingerprint density at radius 3 is 2.45 bits per heavy atom. The van der Waals surface area contributed by atoms with E-state index >= 15 is 0 Å². The predicted octanol–water partition coefficient (Wildman–Crippen LogP) is 0.999. The number of amides is 2. The van der Waals surface area contributed by atoms with E-state index in [9.17, 15) is 14.4 Å². The fraction of sp³-hybridized carbons (Fsp3) is 0.312. The summed E-state index contributed by atoms with van der Waals surface area (Å²) in [5.74, 6) is 1.31. The summed E-state index contributed by atoms with van der Waals surface area (Å²) < 4.78 is 4.87. The number of unbranched alkanes of at least 4 members (excludes halogenated alkanes) is 1. The van der Waals surface area contributed by atoms with Crippen LogP contribution in [0.5, 0.6) is 5.75 Å². The van der Waals surface area contributed by atoms with Gasteiger partial charge in [0.05, 0.1) is 0 Å². The van der Waals surface area contributed by atoms with Crippen LogP contribution in [-0.2, 0) is 9.59 Å². The maximum Gasteiger partial charge on any atom is 0.308 e. The Balaban J connectivity index is 2.67. The van der Waals surface area contributed by atoms with Crippen LogP contribution in [0.1, 0.15) is 36.5 Å². The molecule has 0 aliphatic rings. The molecule has 0 aliphatic carbocycles.